The Bertz CT molecular complexity index is 372. The second-order valence-electron chi connectivity index (χ2n) is 4.48. The molecule has 1 aromatic carbocycles. The largest absolute Gasteiger partial charge is 0.487 e. The van der Waals surface area contributed by atoms with Gasteiger partial charge in [0.25, 0.3) is 6.43 Å². The van der Waals surface area contributed by atoms with E-state index in [4.69, 9.17) is 4.74 Å². The first-order chi connectivity index (χ1) is 8.49. The van der Waals surface area contributed by atoms with E-state index in [2.05, 4.69) is 35.1 Å². The number of hydrogen-bond donors (Lipinski definition) is 1. The van der Waals surface area contributed by atoms with Gasteiger partial charge >= 0.3 is 0 Å². The van der Waals surface area contributed by atoms with Crippen LogP contribution in [0.25, 0.3) is 0 Å². The lowest BCUT2D eigenvalue weighted by molar-refractivity contribution is 0.0813. The predicted molar refractivity (Wildman–Crippen MR) is 72.2 cm³/mol. The molecule has 0 atom stereocenters. The molecule has 1 aromatic rings. The minimum Gasteiger partial charge on any atom is -0.487 e. The molecular weight excluding hydrogens is 304 g/mol. The molecule has 0 aliphatic heterocycles. The maximum Gasteiger partial charge on any atom is 0.272 e. The van der Waals surface area contributed by atoms with Crippen LogP contribution in [-0.2, 0) is 6.54 Å². The number of rotatable bonds is 7. The monoisotopic (exact) mass is 321 g/mol. The normalized spacial score (nSPS) is 11.3. The van der Waals surface area contributed by atoms with Crippen LogP contribution in [0.15, 0.2) is 22.7 Å². The van der Waals surface area contributed by atoms with Crippen molar-refractivity contribution in [1.82, 2.24) is 5.32 Å². The fourth-order valence-electron chi connectivity index (χ4n) is 1.48. The van der Waals surface area contributed by atoms with E-state index in [0.717, 1.165) is 16.6 Å². The summed E-state index contributed by atoms with van der Waals surface area (Å²) in [5.74, 6) is 1.05. The molecule has 1 N–H and O–H groups in total. The molecule has 0 saturated carbocycles. The second-order valence-corrected chi connectivity index (χ2v) is 5.39. The van der Waals surface area contributed by atoms with Gasteiger partial charge in [-0.3, -0.25) is 0 Å². The summed E-state index contributed by atoms with van der Waals surface area (Å²) in [6.45, 7) is 5.14. The standard InChI is InChI=1S/C13H18BrF2NO/c1-9(2)6-17-7-10-5-11(14)3-4-12(10)18-8-13(15)16/h3-5,9,13,17H,6-8H2,1-2H3. The van der Waals surface area contributed by atoms with Gasteiger partial charge in [-0.05, 0) is 30.7 Å². The molecule has 0 saturated heterocycles. The van der Waals surface area contributed by atoms with Gasteiger partial charge in [-0.15, -0.1) is 0 Å². The second kappa shape index (κ2) is 7.69. The summed E-state index contributed by atoms with van der Waals surface area (Å²) < 4.78 is 30.3. The van der Waals surface area contributed by atoms with Gasteiger partial charge in [0, 0.05) is 16.6 Å². The van der Waals surface area contributed by atoms with Gasteiger partial charge in [-0.2, -0.15) is 0 Å². The molecule has 0 spiro atoms. The minimum atomic E-state index is -2.45. The topological polar surface area (TPSA) is 21.3 Å². The number of hydrogen-bond acceptors (Lipinski definition) is 2. The van der Waals surface area contributed by atoms with Gasteiger partial charge in [0.15, 0.2) is 0 Å². The van der Waals surface area contributed by atoms with Crippen LogP contribution >= 0.6 is 15.9 Å². The highest BCUT2D eigenvalue weighted by Crippen LogP contribution is 2.23. The lowest BCUT2D eigenvalue weighted by Gasteiger charge is -2.13. The number of ether oxygens (including phenoxy) is 1. The maximum absolute atomic E-state index is 12.1. The maximum atomic E-state index is 12.1. The van der Waals surface area contributed by atoms with Crippen molar-refractivity contribution in [1.29, 1.82) is 0 Å². The highest BCUT2D eigenvalue weighted by molar-refractivity contribution is 9.10. The van der Waals surface area contributed by atoms with E-state index >= 15 is 0 Å². The van der Waals surface area contributed by atoms with Crippen LogP contribution in [0, 0.1) is 5.92 Å². The van der Waals surface area contributed by atoms with E-state index < -0.39 is 13.0 Å². The molecule has 2 nitrogen and oxygen atoms in total. The summed E-state index contributed by atoms with van der Waals surface area (Å²) in [7, 11) is 0. The SMILES string of the molecule is CC(C)CNCc1cc(Br)ccc1OCC(F)F. The Morgan fingerprint density at radius 2 is 2.06 bits per heavy atom. The van der Waals surface area contributed by atoms with Gasteiger partial charge in [-0.25, -0.2) is 8.78 Å². The van der Waals surface area contributed by atoms with Crippen molar-refractivity contribution in [3.8, 4) is 5.75 Å². The molecule has 0 amide bonds. The van der Waals surface area contributed by atoms with Crippen LogP contribution in [0.3, 0.4) is 0 Å². The summed E-state index contributed by atoms with van der Waals surface area (Å²) in [5.41, 5.74) is 0.880. The van der Waals surface area contributed by atoms with Crippen molar-refractivity contribution in [3.63, 3.8) is 0 Å². The Kier molecular flexibility index (Phi) is 6.57. The van der Waals surface area contributed by atoms with Crippen LogP contribution in [0.2, 0.25) is 0 Å². The quantitative estimate of drug-likeness (QED) is 0.823. The molecule has 5 heteroatoms. The fourth-order valence-corrected chi connectivity index (χ4v) is 1.88. The molecule has 18 heavy (non-hydrogen) atoms. The molecule has 0 aromatic heterocycles. The molecule has 1 rings (SSSR count). The molecule has 0 unspecified atom stereocenters. The summed E-state index contributed by atoms with van der Waals surface area (Å²) in [6.07, 6.45) is -2.45. The Morgan fingerprint density at radius 3 is 2.67 bits per heavy atom. The Balaban J connectivity index is 2.64. The molecule has 102 valence electrons. The van der Waals surface area contributed by atoms with E-state index in [9.17, 15) is 8.78 Å². The van der Waals surface area contributed by atoms with Crippen LogP contribution in [0.4, 0.5) is 8.78 Å². The van der Waals surface area contributed by atoms with Gasteiger partial charge in [0.2, 0.25) is 0 Å². The van der Waals surface area contributed by atoms with Gasteiger partial charge in [0.1, 0.15) is 12.4 Å². The first-order valence-electron chi connectivity index (χ1n) is 5.89. The number of halogens is 3. The Labute approximate surface area is 115 Å². The van der Waals surface area contributed by atoms with Crippen LogP contribution in [0.1, 0.15) is 19.4 Å². The lowest BCUT2D eigenvalue weighted by atomic mass is 10.2. The first kappa shape index (κ1) is 15.4. The van der Waals surface area contributed by atoms with E-state index in [0.29, 0.717) is 18.2 Å². The van der Waals surface area contributed by atoms with E-state index in [1.54, 1.807) is 12.1 Å². The number of nitrogens with one attached hydrogen (secondary N) is 1. The third kappa shape index (κ3) is 5.78. The van der Waals surface area contributed by atoms with Crippen molar-refractivity contribution >= 4 is 15.9 Å². The van der Waals surface area contributed by atoms with E-state index in [-0.39, 0.29) is 0 Å². The zero-order chi connectivity index (χ0) is 13.5. The van der Waals surface area contributed by atoms with Crippen LogP contribution in [-0.4, -0.2) is 19.6 Å². The molecule has 0 heterocycles. The van der Waals surface area contributed by atoms with Gasteiger partial charge < -0.3 is 10.1 Å². The molecule has 0 aliphatic carbocycles. The summed E-state index contributed by atoms with van der Waals surface area (Å²) in [5, 5.41) is 3.27. The third-order valence-corrected chi connectivity index (χ3v) is 2.75. The van der Waals surface area contributed by atoms with Crippen molar-refractivity contribution in [3.05, 3.63) is 28.2 Å². The summed E-state index contributed by atoms with van der Waals surface area (Å²) in [6, 6.07) is 5.37. The van der Waals surface area contributed by atoms with E-state index in [1.165, 1.54) is 0 Å². The van der Waals surface area contributed by atoms with Crippen molar-refractivity contribution in [2.24, 2.45) is 5.92 Å². The Hall–Kier alpha value is -0.680. The lowest BCUT2D eigenvalue weighted by Crippen LogP contribution is -2.19. The average Bonchev–Trinajstić information content (AvgIpc) is 2.27. The fraction of sp³-hybridized carbons (Fsp3) is 0.538. The zero-order valence-corrected chi connectivity index (χ0v) is 12.1. The van der Waals surface area contributed by atoms with Crippen LogP contribution < -0.4 is 10.1 Å². The third-order valence-electron chi connectivity index (χ3n) is 2.26. The summed E-state index contributed by atoms with van der Waals surface area (Å²) >= 11 is 3.37. The zero-order valence-electron chi connectivity index (χ0n) is 10.6. The van der Waals surface area contributed by atoms with E-state index in [1.807, 2.05) is 6.07 Å². The van der Waals surface area contributed by atoms with Crippen molar-refractivity contribution in [2.45, 2.75) is 26.8 Å². The van der Waals surface area contributed by atoms with Crippen LogP contribution in [0.5, 0.6) is 5.75 Å². The molecular formula is C13H18BrF2NO. The number of alkyl halides is 2. The average molecular weight is 322 g/mol. The Morgan fingerprint density at radius 1 is 1.33 bits per heavy atom. The molecule has 0 fully saturated rings. The van der Waals surface area contributed by atoms with Gasteiger partial charge in [0.05, 0.1) is 0 Å². The highest BCUT2D eigenvalue weighted by Gasteiger charge is 2.08. The predicted octanol–water partition coefficient (Wildman–Crippen LogP) is 3.84. The smallest absolute Gasteiger partial charge is 0.272 e. The first-order valence-corrected chi connectivity index (χ1v) is 6.68. The van der Waals surface area contributed by atoms with Gasteiger partial charge in [-0.1, -0.05) is 29.8 Å². The van der Waals surface area contributed by atoms with Crippen molar-refractivity contribution < 1.29 is 13.5 Å². The molecule has 0 radical (unpaired) electrons. The number of benzene rings is 1. The molecule has 0 bridgehead atoms. The minimum absolute atomic E-state index is 0.509. The van der Waals surface area contributed by atoms with Crippen molar-refractivity contribution in [2.75, 3.05) is 13.2 Å². The molecule has 0 aliphatic rings. The summed E-state index contributed by atoms with van der Waals surface area (Å²) in [4.78, 5) is 0. The highest BCUT2D eigenvalue weighted by atomic mass is 79.9.